The molecule has 1 aliphatic rings. The number of likely N-dealkylation sites (tertiary alicyclic amines) is 1. The minimum absolute atomic E-state index is 0.0955. The summed E-state index contributed by atoms with van der Waals surface area (Å²) in [5.74, 6) is -0.153. The Morgan fingerprint density at radius 2 is 2.05 bits per heavy atom. The van der Waals surface area contributed by atoms with E-state index in [1.54, 1.807) is 25.2 Å². The highest BCUT2D eigenvalue weighted by molar-refractivity contribution is 6.31. The van der Waals surface area contributed by atoms with Crippen molar-refractivity contribution < 1.29 is 14.3 Å². The van der Waals surface area contributed by atoms with Crippen LogP contribution in [0.1, 0.15) is 28.8 Å². The number of amides is 1. The van der Waals surface area contributed by atoms with E-state index in [2.05, 4.69) is 10.2 Å². The quantitative estimate of drug-likeness (QED) is 0.862. The molecule has 0 radical (unpaired) electrons. The van der Waals surface area contributed by atoms with E-state index in [4.69, 9.17) is 16.3 Å². The van der Waals surface area contributed by atoms with Crippen LogP contribution in [0.5, 0.6) is 0 Å². The van der Waals surface area contributed by atoms with Crippen molar-refractivity contribution in [1.82, 2.24) is 10.2 Å². The summed E-state index contributed by atoms with van der Waals surface area (Å²) in [5, 5.41) is 3.34. The number of piperidine rings is 1. The first-order valence-electron chi connectivity index (χ1n) is 7.36. The van der Waals surface area contributed by atoms with Crippen molar-refractivity contribution in [2.45, 2.75) is 19.4 Å². The lowest BCUT2D eigenvalue weighted by Crippen LogP contribution is -2.39. The summed E-state index contributed by atoms with van der Waals surface area (Å²) < 4.78 is 4.73. The second kappa shape index (κ2) is 7.61. The fraction of sp³-hybridized carbons (Fsp3) is 0.500. The van der Waals surface area contributed by atoms with Crippen LogP contribution < -0.4 is 5.32 Å². The molecule has 1 amide bonds. The molecular formula is C16H21ClN2O3. The van der Waals surface area contributed by atoms with Gasteiger partial charge < -0.3 is 10.1 Å². The molecule has 1 fully saturated rings. The number of esters is 1. The molecular weight excluding hydrogens is 304 g/mol. The molecule has 1 heterocycles. The Kier molecular flexibility index (Phi) is 5.80. The number of ether oxygens (including phenoxy) is 1. The molecule has 0 saturated carbocycles. The molecule has 1 N–H and O–H groups in total. The van der Waals surface area contributed by atoms with Crippen molar-refractivity contribution in [3.8, 4) is 0 Å². The molecule has 0 unspecified atom stereocenters. The molecule has 1 saturated heterocycles. The summed E-state index contributed by atoms with van der Waals surface area (Å²) in [6.45, 7) is 2.36. The predicted octanol–water partition coefficient (Wildman–Crippen LogP) is 2.08. The third kappa shape index (κ3) is 3.99. The fourth-order valence-corrected chi connectivity index (χ4v) is 2.92. The molecule has 6 heteroatoms. The normalized spacial score (nSPS) is 16.3. The Morgan fingerprint density at radius 1 is 1.36 bits per heavy atom. The first-order chi connectivity index (χ1) is 10.5. The van der Waals surface area contributed by atoms with E-state index in [0.717, 1.165) is 31.5 Å². The van der Waals surface area contributed by atoms with Gasteiger partial charge in [-0.05, 0) is 49.7 Å². The van der Waals surface area contributed by atoms with Crippen LogP contribution in [0, 0.1) is 5.92 Å². The van der Waals surface area contributed by atoms with Crippen LogP contribution in [-0.2, 0) is 16.1 Å². The smallest absolute Gasteiger partial charge is 0.337 e. The van der Waals surface area contributed by atoms with Crippen molar-refractivity contribution in [2.24, 2.45) is 5.92 Å². The molecule has 0 atom stereocenters. The van der Waals surface area contributed by atoms with Gasteiger partial charge in [0.25, 0.3) is 0 Å². The molecule has 0 aromatic heterocycles. The Balaban J connectivity index is 2.00. The molecule has 2 rings (SSSR count). The minimum Gasteiger partial charge on any atom is -0.465 e. The fourth-order valence-electron chi connectivity index (χ4n) is 2.74. The number of carbonyl (C=O) groups excluding carboxylic acids is 2. The highest BCUT2D eigenvalue weighted by atomic mass is 35.5. The molecule has 5 nitrogen and oxygen atoms in total. The average molecular weight is 325 g/mol. The molecule has 120 valence electrons. The maximum atomic E-state index is 11.6. The number of benzene rings is 1. The number of carbonyl (C=O) groups is 2. The van der Waals surface area contributed by atoms with E-state index < -0.39 is 0 Å². The van der Waals surface area contributed by atoms with Crippen LogP contribution in [0.15, 0.2) is 18.2 Å². The summed E-state index contributed by atoms with van der Waals surface area (Å²) in [6.07, 6.45) is 1.68. The standard InChI is InChI=1S/C16H21ClN2O3/c1-18-15(20)11-5-7-19(8-6-11)10-13-9-12(16(21)22-2)3-4-14(13)17/h3-4,9,11H,5-8,10H2,1-2H3,(H,18,20). The molecule has 22 heavy (non-hydrogen) atoms. The number of nitrogens with one attached hydrogen (secondary N) is 1. The maximum Gasteiger partial charge on any atom is 0.337 e. The highest BCUT2D eigenvalue weighted by Gasteiger charge is 2.24. The van der Waals surface area contributed by atoms with E-state index in [1.165, 1.54) is 7.11 Å². The van der Waals surface area contributed by atoms with Gasteiger partial charge >= 0.3 is 5.97 Å². The number of methoxy groups -OCH3 is 1. The summed E-state index contributed by atoms with van der Waals surface area (Å²) >= 11 is 6.22. The van der Waals surface area contributed by atoms with E-state index in [1.807, 2.05) is 0 Å². The third-order valence-corrected chi connectivity index (χ3v) is 4.43. The lowest BCUT2D eigenvalue weighted by molar-refractivity contribution is -0.125. The average Bonchev–Trinajstić information content (AvgIpc) is 2.56. The molecule has 0 aliphatic carbocycles. The van der Waals surface area contributed by atoms with Crippen molar-refractivity contribution >= 4 is 23.5 Å². The maximum absolute atomic E-state index is 11.6. The van der Waals surface area contributed by atoms with Gasteiger partial charge in [-0.2, -0.15) is 0 Å². The first-order valence-corrected chi connectivity index (χ1v) is 7.73. The van der Waals surface area contributed by atoms with Crippen LogP contribution in [0.2, 0.25) is 5.02 Å². The molecule has 1 aromatic carbocycles. The predicted molar refractivity (Wildman–Crippen MR) is 84.9 cm³/mol. The topological polar surface area (TPSA) is 58.6 Å². The number of hydrogen-bond donors (Lipinski definition) is 1. The number of rotatable bonds is 4. The van der Waals surface area contributed by atoms with Gasteiger partial charge in [0.1, 0.15) is 0 Å². The summed E-state index contributed by atoms with van der Waals surface area (Å²) in [5.41, 5.74) is 1.41. The monoisotopic (exact) mass is 324 g/mol. The largest absolute Gasteiger partial charge is 0.465 e. The first kappa shape index (κ1) is 16.8. The SMILES string of the molecule is CNC(=O)C1CCN(Cc2cc(C(=O)OC)ccc2Cl)CC1. The van der Waals surface area contributed by atoms with E-state index in [9.17, 15) is 9.59 Å². The van der Waals surface area contributed by atoms with E-state index >= 15 is 0 Å². The number of hydrogen-bond acceptors (Lipinski definition) is 4. The van der Waals surface area contributed by atoms with E-state index in [-0.39, 0.29) is 17.8 Å². The van der Waals surface area contributed by atoms with Gasteiger partial charge in [0.15, 0.2) is 0 Å². The zero-order valence-corrected chi connectivity index (χ0v) is 13.7. The summed E-state index contributed by atoms with van der Waals surface area (Å²) in [4.78, 5) is 25.5. The van der Waals surface area contributed by atoms with Crippen LogP contribution in [0.4, 0.5) is 0 Å². The zero-order chi connectivity index (χ0) is 16.1. The molecule has 1 aromatic rings. The molecule has 0 spiro atoms. The number of nitrogens with zero attached hydrogens (tertiary/aromatic N) is 1. The summed E-state index contributed by atoms with van der Waals surface area (Å²) in [7, 11) is 3.03. The van der Waals surface area contributed by atoms with Crippen LogP contribution in [0.25, 0.3) is 0 Å². The Morgan fingerprint density at radius 3 is 2.64 bits per heavy atom. The van der Waals surface area contributed by atoms with Crippen molar-refractivity contribution in [1.29, 1.82) is 0 Å². The minimum atomic E-state index is -0.365. The van der Waals surface area contributed by atoms with Crippen molar-refractivity contribution in [3.05, 3.63) is 34.3 Å². The van der Waals surface area contributed by atoms with Crippen molar-refractivity contribution in [2.75, 3.05) is 27.2 Å². The Labute approximate surface area is 135 Å². The summed E-state index contributed by atoms with van der Waals surface area (Å²) in [6, 6.07) is 5.16. The van der Waals surface area contributed by atoms with E-state index in [0.29, 0.717) is 17.1 Å². The lowest BCUT2D eigenvalue weighted by Gasteiger charge is -2.31. The van der Waals surface area contributed by atoms with Gasteiger partial charge in [0.2, 0.25) is 5.91 Å². The Hall–Kier alpha value is -1.59. The van der Waals surface area contributed by atoms with Gasteiger partial charge in [-0.3, -0.25) is 9.69 Å². The van der Waals surface area contributed by atoms with Crippen molar-refractivity contribution in [3.63, 3.8) is 0 Å². The van der Waals surface area contributed by atoms with Gasteiger partial charge in [-0.1, -0.05) is 11.6 Å². The second-order valence-electron chi connectivity index (χ2n) is 5.46. The van der Waals surface area contributed by atoms with Gasteiger partial charge in [-0.15, -0.1) is 0 Å². The Bertz CT molecular complexity index is 554. The molecule has 1 aliphatic heterocycles. The second-order valence-corrected chi connectivity index (χ2v) is 5.87. The van der Waals surface area contributed by atoms with Gasteiger partial charge in [-0.25, -0.2) is 4.79 Å². The highest BCUT2D eigenvalue weighted by Crippen LogP contribution is 2.23. The molecule has 0 bridgehead atoms. The van der Waals surface area contributed by atoms with Crippen LogP contribution in [0.3, 0.4) is 0 Å². The lowest BCUT2D eigenvalue weighted by atomic mass is 9.95. The zero-order valence-electron chi connectivity index (χ0n) is 12.9. The number of halogens is 1. The van der Waals surface area contributed by atoms with Gasteiger partial charge in [0.05, 0.1) is 12.7 Å². The van der Waals surface area contributed by atoms with Crippen LogP contribution >= 0.6 is 11.6 Å². The van der Waals surface area contributed by atoms with Gasteiger partial charge in [0, 0.05) is 24.5 Å². The third-order valence-electron chi connectivity index (χ3n) is 4.07. The van der Waals surface area contributed by atoms with Crippen LogP contribution in [-0.4, -0.2) is 44.0 Å².